The van der Waals surface area contributed by atoms with E-state index in [1.807, 2.05) is 0 Å². The van der Waals surface area contributed by atoms with Gasteiger partial charge < -0.3 is 0 Å². The third kappa shape index (κ3) is 10.8. The average Bonchev–Trinajstić information content (AvgIpc) is 3.22. The summed E-state index contributed by atoms with van der Waals surface area (Å²) in [6, 6.07) is 29.4. The van der Waals surface area contributed by atoms with Crippen molar-refractivity contribution in [3.63, 3.8) is 0 Å². The van der Waals surface area contributed by atoms with E-state index in [2.05, 4.69) is 24.0 Å². The second kappa shape index (κ2) is 18.4. The third-order valence-corrected chi connectivity index (χ3v) is 12.0. The molecule has 0 aliphatic carbocycles. The molecule has 0 aliphatic rings. The Labute approximate surface area is 351 Å². The summed E-state index contributed by atoms with van der Waals surface area (Å²) in [5.74, 6) is -0.800. The Hall–Kier alpha value is -6.45. The number of benzene rings is 5. The van der Waals surface area contributed by atoms with E-state index in [0.29, 0.717) is 51.5 Å². The number of sulfone groups is 2. The maximum Gasteiger partial charge on any atom is 0.275 e. The topological polar surface area (TPSA) is 138 Å². The Morgan fingerprint density at radius 1 is 0.525 bits per heavy atom. The highest BCUT2D eigenvalue weighted by Crippen LogP contribution is 2.27. The van der Waals surface area contributed by atoms with Gasteiger partial charge in [-0.05, 0) is 120 Å². The summed E-state index contributed by atoms with van der Waals surface area (Å²) in [5, 5.41) is 8.52. The number of halogens is 3. The minimum atomic E-state index is -3.37. The second-order valence-electron chi connectivity index (χ2n) is 14.8. The molecule has 61 heavy (non-hydrogen) atoms. The van der Waals surface area contributed by atoms with Crippen LogP contribution in [-0.4, -0.2) is 48.9 Å². The predicted molar refractivity (Wildman–Crippen MR) is 229 cm³/mol. The standard InChI is InChI=1S/C24H18F2N2O3S.C22H23FN2O3S/c1-32(30,31)21-12-4-17(5-13-21)23-15-27-28(20-10-8-19(26)9-11-20)24(29)22(23)14-16-2-6-18(25)7-3-16;1-15(2)4-13-20-21(16-5-11-19(12-6-16)29(3,27)28)14-24-25(22(20)26)18-9-7-17(23)8-10-18/h2-13,15H,14H2,1H3;5-12,14-15H,4,13H2,1-3H3. The van der Waals surface area contributed by atoms with Crippen LogP contribution in [0.2, 0.25) is 0 Å². The zero-order valence-electron chi connectivity index (χ0n) is 33.6. The summed E-state index contributed by atoms with van der Waals surface area (Å²) in [6.07, 6.45) is 6.97. The highest BCUT2D eigenvalue weighted by atomic mass is 32.2. The monoisotopic (exact) mass is 866 g/mol. The van der Waals surface area contributed by atoms with Crippen molar-refractivity contribution in [2.45, 2.75) is 42.9 Å². The van der Waals surface area contributed by atoms with Crippen LogP contribution >= 0.6 is 0 Å². The Morgan fingerprint density at radius 2 is 0.885 bits per heavy atom. The minimum absolute atomic E-state index is 0.161. The Bertz CT molecular complexity index is 3010. The summed E-state index contributed by atoms with van der Waals surface area (Å²) in [4.78, 5) is 27.0. The molecular formula is C46H41F3N4O6S2. The number of nitrogens with zero attached hydrogens (tertiary/aromatic N) is 4. The number of hydrogen-bond donors (Lipinski definition) is 0. The van der Waals surface area contributed by atoms with Gasteiger partial charge in [0.05, 0.1) is 33.6 Å². The molecule has 10 nitrogen and oxygen atoms in total. The molecular weight excluding hydrogens is 826 g/mol. The van der Waals surface area contributed by atoms with Crippen LogP contribution in [0.4, 0.5) is 13.2 Å². The molecule has 0 amide bonds. The Balaban J connectivity index is 0.000000205. The lowest BCUT2D eigenvalue weighted by Gasteiger charge is -2.14. The molecule has 7 aromatic rings. The van der Waals surface area contributed by atoms with Crippen molar-refractivity contribution < 1.29 is 30.0 Å². The normalized spacial score (nSPS) is 11.6. The van der Waals surface area contributed by atoms with Crippen molar-refractivity contribution in [1.29, 1.82) is 0 Å². The molecule has 15 heteroatoms. The minimum Gasteiger partial charge on any atom is -0.267 e. The molecule has 314 valence electrons. The van der Waals surface area contributed by atoms with Gasteiger partial charge in [-0.25, -0.2) is 30.0 Å². The van der Waals surface area contributed by atoms with E-state index in [9.17, 15) is 39.6 Å². The number of hydrogen-bond acceptors (Lipinski definition) is 8. The van der Waals surface area contributed by atoms with Crippen LogP contribution in [0.15, 0.2) is 153 Å². The van der Waals surface area contributed by atoms with Crippen LogP contribution in [0.3, 0.4) is 0 Å². The molecule has 2 heterocycles. The lowest BCUT2D eigenvalue weighted by Crippen LogP contribution is -2.26. The fourth-order valence-electron chi connectivity index (χ4n) is 6.42. The highest BCUT2D eigenvalue weighted by molar-refractivity contribution is 7.91. The molecule has 0 aliphatic heterocycles. The van der Waals surface area contributed by atoms with Gasteiger partial charge in [-0.2, -0.15) is 19.6 Å². The Kier molecular flexibility index (Phi) is 13.3. The molecule has 0 unspecified atom stereocenters. The predicted octanol–water partition coefficient (Wildman–Crippen LogP) is 8.20. The molecule has 2 aromatic heterocycles. The third-order valence-electron chi connectivity index (χ3n) is 9.75. The van der Waals surface area contributed by atoms with Crippen molar-refractivity contribution in [1.82, 2.24) is 19.6 Å². The van der Waals surface area contributed by atoms with Crippen molar-refractivity contribution in [3.05, 3.63) is 189 Å². The molecule has 0 spiro atoms. The summed E-state index contributed by atoms with van der Waals surface area (Å²) < 4.78 is 89.3. The first-order valence-corrected chi connectivity index (χ1v) is 22.8. The number of aromatic nitrogens is 4. The van der Waals surface area contributed by atoms with Gasteiger partial charge in [0.25, 0.3) is 11.1 Å². The molecule has 5 aromatic carbocycles. The number of rotatable bonds is 11. The fraction of sp³-hybridized carbons (Fsp3) is 0.174. The van der Waals surface area contributed by atoms with Crippen LogP contribution in [0.5, 0.6) is 0 Å². The molecule has 0 N–H and O–H groups in total. The van der Waals surface area contributed by atoms with E-state index in [0.717, 1.165) is 30.1 Å². The molecule has 0 saturated heterocycles. The van der Waals surface area contributed by atoms with Gasteiger partial charge in [0.2, 0.25) is 0 Å². The molecule has 0 atom stereocenters. The first kappa shape index (κ1) is 44.1. The van der Waals surface area contributed by atoms with E-state index in [-0.39, 0.29) is 33.4 Å². The van der Waals surface area contributed by atoms with Crippen molar-refractivity contribution in [2.75, 3.05) is 12.5 Å². The van der Waals surface area contributed by atoms with Crippen LogP contribution in [-0.2, 0) is 32.5 Å². The summed E-state index contributed by atoms with van der Waals surface area (Å²) >= 11 is 0. The van der Waals surface area contributed by atoms with E-state index in [1.54, 1.807) is 42.6 Å². The van der Waals surface area contributed by atoms with Crippen LogP contribution in [0, 0.1) is 23.4 Å². The van der Waals surface area contributed by atoms with Gasteiger partial charge in [0.1, 0.15) is 17.5 Å². The largest absolute Gasteiger partial charge is 0.275 e. The lowest BCUT2D eigenvalue weighted by atomic mass is 9.96. The lowest BCUT2D eigenvalue weighted by molar-refractivity contribution is 0.582. The second-order valence-corrected chi connectivity index (χ2v) is 18.8. The molecule has 0 radical (unpaired) electrons. The van der Waals surface area contributed by atoms with E-state index < -0.39 is 31.1 Å². The molecule has 0 saturated carbocycles. The van der Waals surface area contributed by atoms with Crippen LogP contribution < -0.4 is 11.1 Å². The van der Waals surface area contributed by atoms with Crippen molar-refractivity contribution in [3.8, 4) is 33.6 Å². The highest BCUT2D eigenvalue weighted by Gasteiger charge is 2.18. The van der Waals surface area contributed by atoms with Crippen LogP contribution in [0.1, 0.15) is 37.0 Å². The van der Waals surface area contributed by atoms with Crippen molar-refractivity contribution >= 4 is 19.7 Å². The maximum absolute atomic E-state index is 13.4. The van der Waals surface area contributed by atoms with Gasteiger partial charge in [0, 0.05) is 41.2 Å². The average molecular weight is 867 g/mol. The fourth-order valence-corrected chi connectivity index (χ4v) is 7.68. The summed E-state index contributed by atoms with van der Waals surface area (Å²) in [7, 11) is -6.67. The molecule has 7 rings (SSSR count). The Morgan fingerprint density at radius 3 is 1.26 bits per heavy atom. The molecule has 0 bridgehead atoms. The summed E-state index contributed by atoms with van der Waals surface area (Å²) in [6.45, 7) is 4.17. The smallest absolute Gasteiger partial charge is 0.267 e. The zero-order valence-corrected chi connectivity index (χ0v) is 35.2. The van der Waals surface area contributed by atoms with Crippen LogP contribution in [0.25, 0.3) is 33.6 Å². The van der Waals surface area contributed by atoms with Gasteiger partial charge >= 0.3 is 0 Å². The van der Waals surface area contributed by atoms with Gasteiger partial charge in [0.15, 0.2) is 19.7 Å². The van der Waals surface area contributed by atoms with Gasteiger partial charge in [-0.3, -0.25) is 9.59 Å². The zero-order chi connectivity index (χ0) is 44.1. The molecule has 0 fully saturated rings. The van der Waals surface area contributed by atoms with Gasteiger partial charge in [-0.1, -0.05) is 50.2 Å². The first-order valence-electron chi connectivity index (χ1n) is 19.0. The van der Waals surface area contributed by atoms with E-state index in [4.69, 9.17) is 0 Å². The van der Waals surface area contributed by atoms with E-state index in [1.165, 1.54) is 100 Å². The van der Waals surface area contributed by atoms with E-state index >= 15 is 0 Å². The SMILES string of the molecule is CC(C)CCc1c(-c2ccc(S(C)(=O)=O)cc2)cnn(-c2ccc(F)cc2)c1=O.CS(=O)(=O)c1ccc(-c2cnn(-c3ccc(F)cc3)c(=O)c2Cc2ccc(F)cc2)cc1. The van der Waals surface area contributed by atoms with Crippen molar-refractivity contribution in [2.24, 2.45) is 5.92 Å². The van der Waals surface area contributed by atoms with Gasteiger partial charge in [-0.15, -0.1) is 0 Å². The quantitative estimate of drug-likeness (QED) is 0.127. The maximum atomic E-state index is 13.4. The summed E-state index contributed by atoms with van der Waals surface area (Å²) in [5.41, 5.74) is 4.47. The first-order chi connectivity index (χ1) is 28.9.